The van der Waals surface area contributed by atoms with E-state index in [1.165, 1.54) is 0 Å². The minimum Gasteiger partial charge on any atom is -0.410 e. The zero-order valence-electron chi connectivity index (χ0n) is 7.21. The average Bonchev–Trinajstić information content (AvgIpc) is 2.70. The van der Waals surface area contributed by atoms with Gasteiger partial charge in [0, 0.05) is 10.5 Å². The highest BCUT2D eigenvalue weighted by Gasteiger charge is 2.27. The maximum atomic E-state index is 9.42. The Morgan fingerprint density at radius 1 is 1.36 bits per heavy atom. The fourth-order valence-corrected chi connectivity index (χ4v) is 3.13. The highest BCUT2D eigenvalue weighted by molar-refractivity contribution is 8.14. The summed E-state index contributed by atoms with van der Waals surface area (Å²) < 4.78 is 0. The Bertz CT molecular complexity index is 547. The van der Waals surface area contributed by atoms with Crippen molar-refractivity contribution in [2.24, 2.45) is 0 Å². The standard InChI is InChI=1S/C9H7N3OS/c1-14-7-5-3-2-4-6(7)8-9(14)12(13)11-10-8/h2-5,13H,1H2. The van der Waals surface area contributed by atoms with Crippen molar-refractivity contribution in [3.05, 3.63) is 24.3 Å². The minimum absolute atomic E-state index is 0.365. The molecule has 1 aromatic heterocycles. The van der Waals surface area contributed by atoms with Crippen LogP contribution in [-0.2, 0) is 0 Å². The topological polar surface area (TPSA) is 50.9 Å². The molecular formula is C9H7N3OS. The lowest BCUT2D eigenvalue weighted by atomic mass is 10.2. The van der Waals surface area contributed by atoms with Gasteiger partial charge in [0.15, 0.2) is 5.03 Å². The van der Waals surface area contributed by atoms with Gasteiger partial charge >= 0.3 is 0 Å². The maximum absolute atomic E-state index is 9.42. The summed E-state index contributed by atoms with van der Waals surface area (Å²) in [4.78, 5) is 1.95. The van der Waals surface area contributed by atoms with Crippen molar-refractivity contribution in [2.75, 3.05) is 0 Å². The summed E-state index contributed by atoms with van der Waals surface area (Å²) in [6.07, 6.45) is 0. The molecule has 1 unspecified atom stereocenters. The average molecular weight is 205 g/mol. The Morgan fingerprint density at radius 2 is 2.14 bits per heavy atom. The monoisotopic (exact) mass is 205 g/mol. The predicted molar refractivity (Wildman–Crippen MR) is 53.9 cm³/mol. The molecule has 3 rings (SSSR count). The van der Waals surface area contributed by atoms with E-state index < -0.39 is 0 Å². The van der Waals surface area contributed by atoms with E-state index in [4.69, 9.17) is 0 Å². The minimum atomic E-state index is -0.365. The quantitative estimate of drug-likeness (QED) is 0.448. The summed E-state index contributed by atoms with van der Waals surface area (Å²) in [5, 5.41) is 17.6. The molecule has 1 aliphatic heterocycles. The van der Waals surface area contributed by atoms with Crippen molar-refractivity contribution in [3.63, 3.8) is 0 Å². The third-order valence-corrected chi connectivity index (χ3v) is 3.97. The zero-order chi connectivity index (χ0) is 9.71. The van der Waals surface area contributed by atoms with Crippen LogP contribution in [0, 0.1) is 0 Å². The van der Waals surface area contributed by atoms with Crippen LogP contribution in [0.5, 0.6) is 0 Å². The second kappa shape index (κ2) is 2.45. The lowest BCUT2D eigenvalue weighted by Gasteiger charge is -2.00. The smallest absolute Gasteiger partial charge is 0.162 e. The normalized spacial score (nSPS) is 17.9. The molecular weight excluding hydrogens is 198 g/mol. The van der Waals surface area contributed by atoms with E-state index in [0.29, 0.717) is 5.03 Å². The molecule has 2 aromatic rings. The molecule has 1 aliphatic rings. The number of fused-ring (bicyclic) bond motifs is 3. The molecule has 1 atom stereocenters. The van der Waals surface area contributed by atoms with Crippen LogP contribution in [0.1, 0.15) is 0 Å². The van der Waals surface area contributed by atoms with Crippen LogP contribution in [0.4, 0.5) is 0 Å². The highest BCUT2D eigenvalue weighted by atomic mass is 32.2. The van der Waals surface area contributed by atoms with Crippen molar-refractivity contribution in [1.29, 1.82) is 0 Å². The molecule has 0 spiro atoms. The van der Waals surface area contributed by atoms with Gasteiger partial charge in [-0.2, -0.15) is 0 Å². The number of benzene rings is 1. The van der Waals surface area contributed by atoms with Crippen LogP contribution >= 0.6 is 10.5 Å². The van der Waals surface area contributed by atoms with Gasteiger partial charge in [-0.1, -0.05) is 28.9 Å². The first-order valence-corrected chi connectivity index (χ1v) is 5.47. The molecule has 0 radical (unpaired) electrons. The molecule has 0 fully saturated rings. The molecule has 0 aliphatic carbocycles. The third-order valence-electron chi connectivity index (χ3n) is 2.25. The highest BCUT2D eigenvalue weighted by Crippen LogP contribution is 2.49. The van der Waals surface area contributed by atoms with Gasteiger partial charge in [0.2, 0.25) is 0 Å². The number of hydrogen-bond donors (Lipinski definition) is 1. The summed E-state index contributed by atoms with van der Waals surface area (Å²) in [6.45, 7) is 0. The van der Waals surface area contributed by atoms with E-state index in [1.54, 1.807) is 0 Å². The van der Waals surface area contributed by atoms with Crippen LogP contribution in [0.3, 0.4) is 0 Å². The summed E-state index contributed by atoms with van der Waals surface area (Å²) in [5.74, 6) is 4.02. The van der Waals surface area contributed by atoms with Gasteiger partial charge in [0.05, 0.1) is 0 Å². The molecule has 0 amide bonds. The van der Waals surface area contributed by atoms with Crippen LogP contribution in [0.15, 0.2) is 34.2 Å². The van der Waals surface area contributed by atoms with Crippen molar-refractivity contribution >= 4 is 16.4 Å². The molecule has 0 saturated heterocycles. The van der Waals surface area contributed by atoms with Crippen molar-refractivity contribution in [1.82, 2.24) is 15.2 Å². The Balaban J connectivity index is 2.42. The molecule has 4 nitrogen and oxygen atoms in total. The van der Waals surface area contributed by atoms with Gasteiger partial charge in [0.25, 0.3) is 0 Å². The van der Waals surface area contributed by atoms with E-state index in [0.717, 1.165) is 21.0 Å². The fraction of sp³-hybridized carbons (Fsp3) is 0. The number of hydrogen-bond acceptors (Lipinski definition) is 3. The Hall–Kier alpha value is -1.62. The van der Waals surface area contributed by atoms with Gasteiger partial charge in [-0.15, -0.1) is 15.6 Å². The van der Waals surface area contributed by atoms with Gasteiger partial charge < -0.3 is 5.21 Å². The summed E-state index contributed by atoms with van der Waals surface area (Å²) in [7, 11) is -0.365. The zero-order valence-corrected chi connectivity index (χ0v) is 8.03. The molecule has 1 N–H and O–H groups in total. The predicted octanol–water partition coefficient (Wildman–Crippen LogP) is 1.61. The molecule has 0 bridgehead atoms. The Labute approximate surface area is 82.7 Å². The molecule has 2 heterocycles. The summed E-state index contributed by atoms with van der Waals surface area (Å²) in [5.41, 5.74) is 1.78. The van der Waals surface area contributed by atoms with E-state index in [2.05, 4.69) is 16.2 Å². The van der Waals surface area contributed by atoms with Crippen molar-refractivity contribution < 1.29 is 5.21 Å². The van der Waals surface area contributed by atoms with E-state index >= 15 is 0 Å². The van der Waals surface area contributed by atoms with Gasteiger partial charge in [-0.05, 0) is 11.3 Å². The lowest BCUT2D eigenvalue weighted by Crippen LogP contribution is -1.94. The Kier molecular flexibility index (Phi) is 1.36. The van der Waals surface area contributed by atoms with Gasteiger partial charge in [-0.3, -0.25) is 0 Å². The number of rotatable bonds is 0. The molecule has 0 saturated carbocycles. The van der Waals surface area contributed by atoms with E-state index in [1.807, 2.05) is 24.3 Å². The SMILES string of the molecule is C=S1c2ccccc2-c2nnn(O)c21. The van der Waals surface area contributed by atoms with Crippen molar-refractivity contribution in [3.8, 4) is 11.3 Å². The van der Waals surface area contributed by atoms with Crippen molar-refractivity contribution in [2.45, 2.75) is 9.92 Å². The second-order valence-electron chi connectivity index (χ2n) is 3.02. The van der Waals surface area contributed by atoms with Crippen LogP contribution in [0.2, 0.25) is 0 Å². The summed E-state index contributed by atoms with van der Waals surface area (Å²) in [6, 6.07) is 7.89. The maximum Gasteiger partial charge on any atom is 0.162 e. The number of aromatic nitrogens is 3. The number of nitrogens with zero attached hydrogens (tertiary/aromatic N) is 3. The van der Waals surface area contributed by atoms with Gasteiger partial charge in [-0.25, -0.2) is 0 Å². The third kappa shape index (κ3) is 0.773. The Morgan fingerprint density at radius 3 is 3.00 bits per heavy atom. The summed E-state index contributed by atoms with van der Waals surface area (Å²) >= 11 is 0. The molecule has 70 valence electrons. The fourth-order valence-electron chi connectivity index (χ4n) is 1.63. The molecule has 5 heteroatoms. The molecule has 1 aromatic carbocycles. The van der Waals surface area contributed by atoms with E-state index in [-0.39, 0.29) is 10.5 Å². The van der Waals surface area contributed by atoms with Crippen LogP contribution in [-0.4, -0.2) is 26.2 Å². The first kappa shape index (κ1) is 7.75. The van der Waals surface area contributed by atoms with Gasteiger partial charge in [0.1, 0.15) is 5.69 Å². The lowest BCUT2D eigenvalue weighted by molar-refractivity contribution is 0.121. The largest absolute Gasteiger partial charge is 0.410 e. The van der Waals surface area contributed by atoms with Crippen LogP contribution < -0.4 is 0 Å². The second-order valence-corrected chi connectivity index (χ2v) is 4.63. The first-order chi connectivity index (χ1) is 6.79. The molecule has 14 heavy (non-hydrogen) atoms. The van der Waals surface area contributed by atoms with E-state index in [9.17, 15) is 5.21 Å². The van der Waals surface area contributed by atoms with Crippen LogP contribution in [0.25, 0.3) is 11.3 Å². The first-order valence-electron chi connectivity index (χ1n) is 4.07.